The van der Waals surface area contributed by atoms with E-state index < -0.39 is 17.8 Å². The Hall–Kier alpha value is -3.46. The van der Waals surface area contributed by atoms with Gasteiger partial charge >= 0.3 is 12.1 Å². The fourth-order valence-corrected chi connectivity index (χ4v) is 3.47. The molecule has 10 heteroatoms. The van der Waals surface area contributed by atoms with E-state index in [1.54, 1.807) is 30.5 Å². The van der Waals surface area contributed by atoms with Gasteiger partial charge in [0.2, 0.25) is 5.88 Å². The Morgan fingerprint density at radius 3 is 2.53 bits per heavy atom. The Morgan fingerprint density at radius 1 is 1.10 bits per heavy atom. The quantitative estimate of drug-likeness (QED) is 0.512. The number of pyridine rings is 1. The Morgan fingerprint density at radius 2 is 1.83 bits per heavy atom. The molecule has 1 N–H and O–H groups in total. The largest absolute Gasteiger partial charge is 0.573 e. The molecular formula is C20H13ClF3N3O3. The summed E-state index contributed by atoms with van der Waals surface area (Å²) < 4.78 is 43.0. The van der Waals surface area contributed by atoms with Crippen LogP contribution in [0.25, 0.3) is 16.6 Å². The molecule has 154 valence electrons. The first-order valence-electron chi connectivity index (χ1n) is 8.62. The molecule has 6 nitrogen and oxygen atoms in total. The van der Waals surface area contributed by atoms with E-state index in [1.165, 1.54) is 22.9 Å². The molecule has 0 atom stereocenters. The van der Waals surface area contributed by atoms with Gasteiger partial charge in [0.15, 0.2) is 0 Å². The molecule has 0 saturated heterocycles. The van der Waals surface area contributed by atoms with Crippen molar-refractivity contribution in [3.8, 4) is 17.3 Å². The molecule has 0 aliphatic heterocycles. The van der Waals surface area contributed by atoms with Crippen LogP contribution >= 0.6 is 11.6 Å². The zero-order valence-corrected chi connectivity index (χ0v) is 15.9. The number of aromatic hydroxyl groups is 1. The van der Waals surface area contributed by atoms with E-state index in [0.29, 0.717) is 15.9 Å². The number of benzene rings is 2. The van der Waals surface area contributed by atoms with Gasteiger partial charge in [-0.05, 0) is 48.0 Å². The van der Waals surface area contributed by atoms with Gasteiger partial charge in [-0.2, -0.15) is 0 Å². The van der Waals surface area contributed by atoms with Crippen molar-refractivity contribution in [2.24, 2.45) is 0 Å². The highest BCUT2D eigenvalue weighted by molar-refractivity contribution is 6.35. The van der Waals surface area contributed by atoms with Crippen molar-refractivity contribution in [2.45, 2.75) is 12.9 Å². The lowest BCUT2D eigenvalue weighted by Crippen LogP contribution is -2.23. The van der Waals surface area contributed by atoms with Crippen molar-refractivity contribution in [3.63, 3.8) is 0 Å². The molecule has 0 spiro atoms. The van der Waals surface area contributed by atoms with Gasteiger partial charge in [0.1, 0.15) is 5.75 Å². The van der Waals surface area contributed by atoms with Crippen LogP contribution in [0.2, 0.25) is 5.02 Å². The maximum atomic E-state index is 12.8. The summed E-state index contributed by atoms with van der Waals surface area (Å²) in [6, 6.07) is 11.6. The number of nitrogens with zero attached hydrogens (tertiary/aromatic N) is 3. The van der Waals surface area contributed by atoms with Crippen LogP contribution in [0.5, 0.6) is 11.6 Å². The van der Waals surface area contributed by atoms with Crippen molar-refractivity contribution in [1.82, 2.24) is 14.1 Å². The van der Waals surface area contributed by atoms with Crippen molar-refractivity contribution in [1.29, 1.82) is 0 Å². The maximum absolute atomic E-state index is 12.8. The normalized spacial score (nSPS) is 11.7. The predicted octanol–water partition coefficient (Wildman–Crippen LogP) is 4.49. The SMILES string of the molecule is O=c1n(Cc2ccnc3cccc(Cl)c23)cc(O)n1-c1ccc(OC(F)(F)F)cc1. The Bertz CT molecular complexity index is 1280. The molecule has 30 heavy (non-hydrogen) atoms. The lowest BCUT2D eigenvalue weighted by molar-refractivity contribution is -0.274. The summed E-state index contributed by atoms with van der Waals surface area (Å²) in [6.45, 7) is 0.109. The first-order valence-corrected chi connectivity index (χ1v) is 9.00. The molecule has 0 radical (unpaired) electrons. The molecule has 4 aromatic rings. The van der Waals surface area contributed by atoms with Crippen LogP contribution in [0.15, 0.2) is 65.7 Å². The average molecular weight is 436 g/mol. The van der Waals surface area contributed by atoms with Gasteiger partial charge in [0.25, 0.3) is 0 Å². The summed E-state index contributed by atoms with van der Waals surface area (Å²) in [5.41, 5.74) is 0.994. The standard InChI is InChI=1S/C20H13ClF3N3O3/c21-15-2-1-3-16-18(15)12(8-9-25-16)10-26-11-17(28)27(19(26)29)13-4-6-14(7-5-13)30-20(22,23)24/h1-9,11,28H,10H2. The van der Waals surface area contributed by atoms with Crippen molar-refractivity contribution in [2.75, 3.05) is 0 Å². The molecule has 2 aromatic carbocycles. The number of alkyl halides is 3. The van der Waals surface area contributed by atoms with E-state index in [4.69, 9.17) is 11.6 Å². The highest BCUT2D eigenvalue weighted by Gasteiger charge is 2.31. The minimum atomic E-state index is -4.82. The van der Waals surface area contributed by atoms with E-state index >= 15 is 0 Å². The van der Waals surface area contributed by atoms with E-state index in [1.807, 2.05) is 0 Å². The summed E-state index contributed by atoms with van der Waals surface area (Å²) in [6.07, 6.45) is -1.99. The van der Waals surface area contributed by atoms with Crippen LogP contribution in [0.4, 0.5) is 13.2 Å². The summed E-state index contributed by atoms with van der Waals surface area (Å²) in [4.78, 5) is 17.1. The number of hydrogen-bond acceptors (Lipinski definition) is 4. The minimum Gasteiger partial charge on any atom is -0.493 e. The highest BCUT2D eigenvalue weighted by atomic mass is 35.5. The Labute approximate surface area is 172 Å². The summed E-state index contributed by atoms with van der Waals surface area (Å²) in [7, 11) is 0. The lowest BCUT2D eigenvalue weighted by Gasteiger charge is -2.10. The molecule has 4 rings (SSSR count). The van der Waals surface area contributed by atoms with Crippen LogP contribution < -0.4 is 10.4 Å². The van der Waals surface area contributed by atoms with Gasteiger partial charge in [-0.1, -0.05) is 17.7 Å². The monoisotopic (exact) mass is 435 g/mol. The summed E-state index contributed by atoms with van der Waals surface area (Å²) >= 11 is 6.29. The lowest BCUT2D eigenvalue weighted by atomic mass is 10.1. The average Bonchev–Trinajstić information content (AvgIpc) is 2.95. The first kappa shape index (κ1) is 19.8. The van der Waals surface area contributed by atoms with Gasteiger partial charge in [0.05, 0.1) is 29.0 Å². The smallest absolute Gasteiger partial charge is 0.493 e. The molecule has 0 amide bonds. The van der Waals surface area contributed by atoms with Crippen LogP contribution in [0, 0.1) is 0 Å². The third kappa shape index (κ3) is 3.84. The van der Waals surface area contributed by atoms with Gasteiger partial charge in [-0.15, -0.1) is 13.2 Å². The molecule has 0 aliphatic carbocycles. The van der Waals surface area contributed by atoms with Crippen molar-refractivity contribution >= 4 is 22.5 Å². The first-order chi connectivity index (χ1) is 14.2. The van der Waals surface area contributed by atoms with Crippen LogP contribution in [-0.4, -0.2) is 25.6 Å². The number of aromatic nitrogens is 3. The second kappa shape index (κ2) is 7.42. The number of halogens is 4. The highest BCUT2D eigenvalue weighted by Crippen LogP contribution is 2.27. The van der Waals surface area contributed by atoms with Gasteiger partial charge < -0.3 is 9.84 Å². The molecule has 0 unspecified atom stereocenters. The zero-order valence-electron chi connectivity index (χ0n) is 15.1. The fraction of sp³-hybridized carbons (Fsp3) is 0.100. The zero-order chi connectivity index (χ0) is 21.5. The second-order valence-electron chi connectivity index (χ2n) is 6.38. The molecule has 2 heterocycles. The number of hydrogen-bond donors (Lipinski definition) is 1. The molecule has 0 aliphatic rings. The molecular weight excluding hydrogens is 423 g/mol. The van der Waals surface area contributed by atoms with Crippen LogP contribution in [0.1, 0.15) is 5.56 Å². The Kier molecular flexibility index (Phi) is 4.90. The predicted molar refractivity (Wildman–Crippen MR) is 104 cm³/mol. The Balaban J connectivity index is 1.70. The number of imidazole rings is 1. The molecule has 2 aromatic heterocycles. The summed E-state index contributed by atoms with van der Waals surface area (Å²) in [5.74, 6) is -0.801. The van der Waals surface area contributed by atoms with Gasteiger partial charge in [0, 0.05) is 11.6 Å². The molecule has 0 fully saturated rings. The van der Waals surface area contributed by atoms with E-state index in [-0.39, 0.29) is 18.1 Å². The second-order valence-corrected chi connectivity index (χ2v) is 6.79. The number of rotatable bonds is 4. The fourth-order valence-electron chi connectivity index (χ4n) is 3.18. The van der Waals surface area contributed by atoms with E-state index in [9.17, 15) is 23.1 Å². The number of fused-ring (bicyclic) bond motifs is 1. The van der Waals surface area contributed by atoms with Crippen LogP contribution in [0.3, 0.4) is 0 Å². The van der Waals surface area contributed by atoms with E-state index in [0.717, 1.165) is 22.3 Å². The topological polar surface area (TPSA) is 69.3 Å². The molecule has 0 saturated carbocycles. The maximum Gasteiger partial charge on any atom is 0.573 e. The van der Waals surface area contributed by atoms with Crippen molar-refractivity contribution in [3.05, 3.63) is 82.0 Å². The molecule has 0 bridgehead atoms. The summed E-state index contributed by atoms with van der Waals surface area (Å²) in [5, 5.41) is 11.4. The van der Waals surface area contributed by atoms with E-state index in [2.05, 4.69) is 9.72 Å². The minimum absolute atomic E-state index is 0.109. The van der Waals surface area contributed by atoms with Crippen LogP contribution in [-0.2, 0) is 6.54 Å². The third-order valence-corrected chi connectivity index (χ3v) is 4.72. The third-order valence-electron chi connectivity index (χ3n) is 4.41. The number of ether oxygens (including phenoxy) is 1. The van der Waals surface area contributed by atoms with Crippen molar-refractivity contribution < 1.29 is 23.0 Å². The van der Waals surface area contributed by atoms with Gasteiger partial charge in [-0.3, -0.25) is 9.55 Å². The van der Waals surface area contributed by atoms with Gasteiger partial charge in [-0.25, -0.2) is 9.36 Å².